The van der Waals surface area contributed by atoms with Crippen molar-refractivity contribution in [3.8, 4) is 0 Å². The number of hydrogen-bond acceptors (Lipinski definition) is 6. The predicted octanol–water partition coefficient (Wildman–Crippen LogP) is 3.70. The Morgan fingerprint density at radius 3 is 2.50 bits per heavy atom. The number of pyridine rings is 1. The fourth-order valence-corrected chi connectivity index (χ4v) is 6.80. The summed E-state index contributed by atoms with van der Waals surface area (Å²) in [5, 5.41) is 16.2. The van der Waals surface area contributed by atoms with E-state index in [-0.39, 0.29) is 28.7 Å². The van der Waals surface area contributed by atoms with Crippen molar-refractivity contribution in [1.82, 2.24) is 15.6 Å². The molecule has 0 radical (unpaired) electrons. The molecule has 2 bridgehead atoms. The summed E-state index contributed by atoms with van der Waals surface area (Å²) in [4.78, 5) is 30.6. The van der Waals surface area contributed by atoms with Gasteiger partial charge in [-0.25, -0.2) is 0 Å². The second kappa shape index (κ2) is 11.3. The van der Waals surface area contributed by atoms with Crippen molar-refractivity contribution in [3.63, 3.8) is 0 Å². The van der Waals surface area contributed by atoms with Crippen molar-refractivity contribution in [3.05, 3.63) is 29.6 Å². The lowest BCUT2D eigenvalue weighted by Gasteiger charge is -2.64. The van der Waals surface area contributed by atoms with E-state index < -0.39 is 37.0 Å². The Morgan fingerprint density at radius 1 is 1.18 bits per heavy atom. The Hall–Kier alpha value is -1.97. The van der Waals surface area contributed by atoms with Crippen molar-refractivity contribution in [2.24, 2.45) is 23.2 Å². The van der Waals surface area contributed by atoms with E-state index in [2.05, 4.69) is 57.2 Å². The SMILES string of the molecule is CCCCc1ccc(C(=O)NC(C(=O)N[C@@H](CC(C)C)B2O[C@@H]3C[C@@H]4C[C@@H](C4(C)C)[C@]3(C)O2)C(C)O)nc1. The van der Waals surface area contributed by atoms with Crippen LogP contribution in [-0.4, -0.2) is 58.8 Å². The molecule has 2 amide bonds. The lowest BCUT2D eigenvalue weighted by molar-refractivity contribution is -0.199. The molecular formula is C29H46BN3O5. The van der Waals surface area contributed by atoms with Crippen LogP contribution in [-0.2, 0) is 20.5 Å². The molecular weight excluding hydrogens is 481 g/mol. The van der Waals surface area contributed by atoms with E-state index in [9.17, 15) is 14.7 Å². The van der Waals surface area contributed by atoms with Gasteiger partial charge in [-0.05, 0) is 80.8 Å². The maximum absolute atomic E-state index is 13.4. The Labute approximate surface area is 228 Å². The number of aryl methyl sites for hydroxylation is 1. The van der Waals surface area contributed by atoms with Crippen LogP contribution in [0.25, 0.3) is 0 Å². The van der Waals surface area contributed by atoms with Gasteiger partial charge in [-0.2, -0.15) is 0 Å². The van der Waals surface area contributed by atoms with Gasteiger partial charge in [-0.3, -0.25) is 14.6 Å². The molecule has 1 saturated heterocycles. The second-order valence-electron chi connectivity index (χ2n) is 12.9. The number of carbonyl (C=O) groups is 2. The number of amides is 2. The van der Waals surface area contributed by atoms with Crippen molar-refractivity contribution in [2.75, 3.05) is 0 Å². The van der Waals surface area contributed by atoms with Crippen molar-refractivity contribution < 1.29 is 24.0 Å². The molecule has 8 nitrogen and oxygen atoms in total. The van der Waals surface area contributed by atoms with Crippen LogP contribution < -0.4 is 10.6 Å². The zero-order valence-corrected chi connectivity index (χ0v) is 24.1. The first-order valence-corrected chi connectivity index (χ1v) is 14.4. The maximum atomic E-state index is 13.4. The highest BCUT2D eigenvalue weighted by Crippen LogP contribution is 2.65. The maximum Gasteiger partial charge on any atom is 0.481 e. The number of nitrogens with one attached hydrogen (secondary N) is 2. The van der Waals surface area contributed by atoms with Crippen LogP contribution in [0.2, 0.25) is 0 Å². The molecule has 3 N–H and O–H groups in total. The van der Waals surface area contributed by atoms with Gasteiger partial charge in [0.05, 0.1) is 23.8 Å². The normalized spacial score (nSPS) is 29.7. The van der Waals surface area contributed by atoms with Crippen LogP contribution >= 0.6 is 0 Å². The Morgan fingerprint density at radius 2 is 1.92 bits per heavy atom. The lowest BCUT2D eigenvalue weighted by atomic mass is 9.43. The summed E-state index contributed by atoms with van der Waals surface area (Å²) in [5.41, 5.74) is 1.12. The standard InChI is InChI=1S/C29H46BN3O5/c1-8-9-10-19-11-12-21(31-16-19)26(35)33-25(18(4)34)27(36)32-24(13-17(2)3)30-37-23-15-20-14-22(28(20,5)6)29(23,7)38-30/h11-12,16-18,20,22-25,34H,8-10,13-15H2,1-7H3,(H,32,36)(H,33,35)/t18?,20-,22-,23+,24-,25?,29-/m0/s1. The summed E-state index contributed by atoms with van der Waals surface area (Å²) in [6.45, 7) is 14.6. The van der Waals surface area contributed by atoms with Gasteiger partial charge in [0.25, 0.3) is 5.91 Å². The molecule has 2 unspecified atom stereocenters. The summed E-state index contributed by atoms with van der Waals surface area (Å²) in [7, 11) is -0.575. The zero-order chi connectivity index (χ0) is 27.8. The molecule has 1 aromatic heterocycles. The van der Waals surface area contributed by atoms with Crippen LogP contribution in [0.4, 0.5) is 0 Å². The summed E-state index contributed by atoms with van der Waals surface area (Å²) >= 11 is 0. The van der Waals surface area contributed by atoms with Gasteiger partial charge in [-0.1, -0.05) is 47.1 Å². The van der Waals surface area contributed by atoms with Crippen LogP contribution in [0.1, 0.15) is 96.6 Å². The number of aromatic nitrogens is 1. The molecule has 0 spiro atoms. The van der Waals surface area contributed by atoms with Crippen molar-refractivity contribution in [1.29, 1.82) is 0 Å². The first-order valence-electron chi connectivity index (χ1n) is 14.4. The van der Waals surface area contributed by atoms with Crippen LogP contribution in [0.3, 0.4) is 0 Å². The molecule has 2 heterocycles. The third-order valence-corrected chi connectivity index (χ3v) is 9.28. The fraction of sp³-hybridized carbons (Fsp3) is 0.759. The number of aliphatic hydroxyl groups is 1. The first kappa shape index (κ1) is 29.0. The van der Waals surface area contributed by atoms with Gasteiger partial charge in [0, 0.05) is 6.20 Å². The van der Waals surface area contributed by atoms with Crippen LogP contribution in [0.15, 0.2) is 18.3 Å². The average molecular weight is 528 g/mol. The molecule has 3 aliphatic carbocycles. The molecule has 5 rings (SSSR count). The predicted molar refractivity (Wildman–Crippen MR) is 147 cm³/mol. The van der Waals surface area contributed by atoms with Gasteiger partial charge in [-0.15, -0.1) is 0 Å². The zero-order valence-electron chi connectivity index (χ0n) is 24.1. The molecule has 9 heteroatoms. The van der Waals surface area contributed by atoms with E-state index in [4.69, 9.17) is 9.31 Å². The molecule has 1 aromatic rings. The molecule has 0 aromatic carbocycles. The van der Waals surface area contributed by atoms with Crippen LogP contribution in [0.5, 0.6) is 0 Å². The average Bonchev–Trinajstić information content (AvgIpc) is 3.22. The van der Waals surface area contributed by atoms with Crippen LogP contribution in [0, 0.1) is 23.2 Å². The van der Waals surface area contributed by atoms with Crippen molar-refractivity contribution >= 4 is 18.9 Å². The number of hydrogen-bond donors (Lipinski definition) is 3. The van der Waals surface area contributed by atoms with Gasteiger partial charge >= 0.3 is 7.12 Å². The van der Waals surface area contributed by atoms with Gasteiger partial charge in [0.15, 0.2) is 0 Å². The van der Waals surface area contributed by atoms with E-state index in [1.54, 1.807) is 12.3 Å². The van der Waals surface area contributed by atoms with E-state index >= 15 is 0 Å². The first-order chi connectivity index (χ1) is 17.9. The Balaban J connectivity index is 1.43. The number of unbranched alkanes of at least 4 members (excludes halogenated alkanes) is 1. The number of carbonyl (C=O) groups excluding carboxylic acids is 2. The third-order valence-electron chi connectivity index (χ3n) is 9.28. The van der Waals surface area contributed by atoms with Gasteiger partial charge < -0.3 is 25.0 Å². The van der Waals surface area contributed by atoms with Crippen molar-refractivity contribution in [2.45, 2.75) is 117 Å². The molecule has 3 saturated carbocycles. The molecule has 210 valence electrons. The van der Waals surface area contributed by atoms with E-state index in [0.29, 0.717) is 18.3 Å². The number of rotatable bonds is 11. The molecule has 7 atom stereocenters. The monoisotopic (exact) mass is 527 g/mol. The number of aliphatic hydroxyl groups excluding tert-OH is 1. The number of nitrogens with zero attached hydrogens (tertiary/aromatic N) is 1. The Bertz CT molecular complexity index is 1000. The summed E-state index contributed by atoms with van der Waals surface area (Å²) in [6, 6.07) is 2.41. The quantitative estimate of drug-likeness (QED) is 0.379. The highest BCUT2D eigenvalue weighted by molar-refractivity contribution is 6.48. The summed E-state index contributed by atoms with van der Waals surface area (Å²) < 4.78 is 13.1. The third kappa shape index (κ3) is 5.66. The minimum Gasteiger partial charge on any atom is -0.404 e. The highest BCUT2D eigenvalue weighted by Gasteiger charge is 2.68. The topological polar surface area (TPSA) is 110 Å². The largest absolute Gasteiger partial charge is 0.481 e. The highest BCUT2D eigenvalue weighted by atomic mass is 16.7. The van der Waals surface area contributed by atoms with E-state index in [1.807, 2.05) is 6.07 Å². The minimum atomic E-state index is -1.13. The minimum absolute atomic E-state index is 0.00877. The summed E-state index contributed by atoms with van der Waals surface area (Å²) in [6.07, 6.45) is 6.43. The molecule has 1 aliphatic heterocycles. The molecule has 4 fully saturated rings. The molecule has 38 heavy (non-hydrogen) atoms. The van der Waals surface area contributed by atoms with Gasteiger partial charge in [0.1, 0.15) is 11.7 Å². The van der Waals surface area contributed by atoms with Gasteiger partial charge in [0.2, 0.25) is 5.91 Å². The lowest BCUT2D eigenvalue weighted by Crippen LogP contribution is -2.65. The Kier molecular flexibility index (Phi) is 8.60. The summed E-state index contributed by atoms with van der Waals surface area (Å²) in [5.74, 6) is -0.0278. The van der Waals surface area contributed by atoms with E-state index in [1.165, 1.54) is 6.92 Å². The second-order valence-corrected chi connectivity index (χ2v) is 12.9. The molecule has 4 aliphatic rings. The fourth-order valence-electron chi connectivity index (χ4n) is 6.80. The smallest absolute Gasteiger partial charge is 0.404 e. The van der Waals surface area contributed by atoms with E-state index in [0.717, 1.165) is 37.7 Å².